The van der Waals surface area contributed by atoms with Crippen LogP contribution in [0.1, 0.15) is 18.2 Å². The SMILES string of the molecule is CCOc1ccc(CC(=O)NCCc2csc(N)n2)cc1. The van der Waals surface area contributed by atoms with Crippen LogP contribution in [0, 0.1) is 0 Å². The summed E-state index contributed by atoms with van der Waals surface area (Å²) in [6, 6.07) is 7.58. The number of amides is 1. The zero-order valence-corrected chi connectivity index (χ0v) is 12.8. The highest BCUT2D eigenvalue weighted by atomic mass is 32.1. The summed E-state index contributed by atoms with van der Waals surface area (Å²) in [6.07, 6.45) is 1.06. The van der Waals surface area contributed by atoms with E-state index in [4.69, 9.17) is 10.5 Å². The molecule has 0 aliphatic rings. The summed E-state index contributed by atoms with van der Waals surface area (Å²) in [5, 5.41) is 5.35. The van der Waals surface area contributed by atoms with Crippen LogP contribution < -0.4 is 15.8 Å². The molecule has 1 aromatic carbocycles. The van der Waals surface area contributed by atoms with Gasteiger partial charge in [-0.2, -0.15) is 0 Å². The summed E-state index contributed by atoms with van der Waals surface area (Å²) < 4.78 is 5.36. The van der Waals surface area contributed by atoms with Gasteiger partial charge in [-0.05, 0) is 24.6 Å². The number of hydrogen-bond donors (Lipinski definition) is 2. The summed E-state index contributed by atoms with van der Waals surface area (Å²) in [7, 11) is 0. The van der Waals surface area contributed by atoms with E-state index < -0.39 is 0 Å². The lowest BCUT2D eigenvalue weighted by Gasteiger charge is -2.06. The van der Waals surface area contributed by atoms with Crippen LogP contribution >= 0.6 is 11.3 Å². The Morgan fingerprint density at radius 1 is 1.38 bits per heavy atom. The maximum absolute atomic E-state index is 11.8. The molecule has 0 radical (unpaired) electrons. The predicted molar refractivity (Wildman–Crippen MR) is 84.6 cm³/mol. The van der Waals surface area contributed by atoms with E-state index in [9.17, 15) is 4.79 Å². The van der Waals surface area contributed by atoms with Gasteiger partial charge in [-0.25, -0.2) is 4.98 Å². The lowest BCUT2D eigenvalue weighted by atomic mass is 10.1. The molecule has 0 saturated heterocycles. The first-order valence-corrected chi connectivity index (χ1v) is 7.73. The Morgan fingerprint density at radius 2 is 2.14 bits per heavy atom. The third kappa shape index (κ3) is 5.07. The minimum absolute atomic E-state index is 0.00219. The van der Waals surface area contributed by atoms with Gasteiger partial charge < -0.3 is 15.8 Å². The second kappa shape index (κ2) is 7.64. The van der Waals surface area contributed by atoms with Crippen LogP contribution in [0.5, 0.6) is 5.75 Å². The highest BCUT2D eigenvalue weighted by Gasteiger charge is 2.04. The topological polar surface area (TPSA) is 77.2 Å². The van der Waals surface area contributed by atoms with Crippen molar-refractivity contribution in [2.45, 2.75) is 19.8 Å². The molecule has 0 aliphatic heterocycles. The Balaban J connectivity index is 1.73. The van der Waals surface area contributed by atoms with Gasteiger partial charge in [-0.3, -0.25) is 4.79 Å². The van der Waals surface area contributed by atoms with Crippen LogP contribution in [0.2, 0.25) is 0 Å². The van der Waals surface area contributed by atoms with E-state index >= 15 is 0 Å². The Kier molecular flexibility index (Phi) is 5.57. The van der Waals surface area contributed by atoms with E-state index in [1.165, 1.54) is 11.3 Å². The van der Waals surface area contributed by atoms with Crippen LogP contribution in [0.4, 0.5) is 5.13 Å². The number of nitrogens with two attached hydrogens (primary N) is 1. The molecule has 0 saturated carbocycles. The first kappa shape index (κ1) is 15.3. The highest BCUT2D eigenvalue weighted by Crippen LogP contribution is 2.13. The molecule has 0 spiro atoms. The van der Waals surface area contributed by atoms with Crippen LogP contribution in [0.25, 0.3) is 0 Å². The fourth-order valence-electron chi connectivity index (χ4n) is 1.89. The number of anilines is 1. The number of nitrogens with one attached hydrogen (secondary N) is 1. The Morgan fingerprint density at radius 3 is 2.76 bits per heavy atom. The molecule has 1 aromatic heterocycles. The maximum Gasteiger partial charge on any atom is 0.224 e. The minimum Gasteiger partial charge on any atom is -0.494 e. The Bertz CT molecular complexity index is 581. The second-order valence-electron chi connectivity index (χ2n) is 4.53. The van der Waals surface area contributed by atoms with E-state index in [0.717, 1.165) is 17.0 Å². The molecular formula is C15H19N3O2S. The molecular weight excluding hydrogens is 286 g/mol. The van der Waals surface area contributed by atoms with Crippen molar-refractivity contribution in [2.24, 2.45) is 0 Å². The van der Waals surface area contributed by atoms with Gasteiger partial charge in [0.25, 0.3) is 0 Å². The summed E-state index contributed by atoms with van der Waals surface area (Å²) >= 11 is 1.41. The fraction of sp³-hybridized carbons (Fsp3) is 0.333. The van der Waals surface area contributed by atoms with Crippen LogP contribution in [-0.2, 0) is 17.6 Å². The molecule has 0 atom stereocenters. The van der Waals surface area contributed by atoms with Crippen molar-refractivity contribution < 1.29 is 9.53 Å². The lowest BCUT2D eigenvalue weighted by Crippen LogP contribution is -2.27. The number of carbonyl (C=O) groups is 1. The third-order valence-electron chi connectivity index (χ3n) is 2.87. The maximum atomic E-state index is 11.8. The molecule has 2 rings (SSSR count). The average molecular weight is 305 g/mol. The number of hydrogen-bond acceptors (Lipinski definition) is 5. The van der Waals surface area contributed by atoms with E-state index in [-0.39, 0.29) is 5.91 Å². The molecule has 1 amide bonds. The molecule has 1 heterocycles. The second-order valence-corrected chi connectivity index (χ2v) is 5.42. The zero-order chi connectivity index (χ0) is 15.1. The van der Waals surface area contributed by atoms with Gasteiger partial charge in [0, 0.05) is 18.3 Å². The number of carbonyl (C=O) groups excluding carboxylic acids is 1. The van der Waals surface area contributed by atoms with Crippen LogP contribution in [0.3, 0.4) is 0 Å². The highest BCUT2D eigenvalue weighted by molar-refractivity contribution is 7.13. The van der Waals surface area contributed by atoms with Crippen LogP contribution in [-0.4, -0.2) is 24.0 Å². The minimum atomic E-state index is 0.00219. The largest absolute Gasteiger partial charge is 0.494 e. The Hall–Kier alpha value is -2.08. The average Bonchev–Trinajstić information content (AvgIpc) is 2.87. The quantitative estimate of drug-likeness (QED) is 0.820. The number of nitrogen functional groups attached to an aromatic ring is 1. The van der Waals surface area contributed by atoms with Gasteiger partial charge in [0.1, 0.15) is 5.75 Å². The molecule has 6 heteroatoms. The molecule has 2 aromatic rings. The number of aromatic nitrogens is 1. The van der Waals surface area contributed by atoms with Gasteiger partial charge in [0.15, 0.2) is 5.13 Å². The summed E-state index contributed by atoms with van der Waals surface area (Å²) in [6.45, 7) is 3.15. The molecule has 0 unspecified atom stereocenters. The van der Waals surface area contributed by atoms with Gasteiger partial charge >= 0.3 is 0 Å². The number of nitrogens with zero attached hydrogens (tertiary/aromatic N) is 1. The summed E-state index contributed by atoms with van der Waals surface area (Å²) in [5.41, 5.74) is 7.44. The monoisotopic (exact) mass is 305 g/mol. The van der Waals surface area contributed by atoms with Crippen molar-refractivity contribution in [1.29, 1.82) is 0 Å². The normalized spacial score (nSPS) is 10.3. The van der Waals surface area contributed by atoms with Crippen molar-refractivity contribution in [3.63, 3.8) is 0 Å². The van der Waals surface area contributed by atoms with Gasteiger partial charge in [0.05, 0.1) is 18.7 Å². The number of rotatable bonds is 7. The number of benzene rings is 1. The van der Waals surface area contributed by atoms with Crippen LogP contribution in [0.15, 0.2) is 29.6 Å². The standard InChI is InChI=1S/C15H19N3O2S/c1-2-20-13-5-3-11(4-6-13)9-14(19)17-8-7-12-10-21-15(16)18-12/h3-6,10H,2,7-9H2,1H3,(H2,16,18)(H,17,19). The number of thiazole rings is 1. The van der Waals surface area contributed by atoms with E-state index in [1.54, 1.807) is 0 Å². The van der Waals surface area contributed by atoms with Gasteiger partial charge in [0.2, 0.25) is 5.91 Å². The van der Waals surface area contributed by atoms with Crippen molar-refractivity contribution in [2.75, 3.05) is 18.9 Å². The third-order valence-corrected chi connectivity index (χ3v) is 3.59. The van der Waals surface area contributed by atoms with Gasteiger partial charge in [-0.15, -0.1) is 11.3 Å². The van der Waals surface area contributed by atoms with Crippen molar-refractivity contribution in [3.8, 4) is 5.75 Å². The molecule has 0 fully saturated rings. The summed E-state index contributed by atoms with van der Waals surface area (Å²) in [5.74, 6) is 0.824. The van der Waals surface area contributed by atoms with E-state index in [2.05, 4.69) is 10.3 Å². The Labute approximate surface area is 128 Å². The molecule has 0 aliphatic carbocycles. The van der Waals surface area contributed by atoms with E-state index in [1.807, 2.05) is 36.6 Å². The van der Waals surface area contributed by atoms with Crippen molar-refractivity contribution >= 4 is 22.4 Å². The number of ether oxygens (including phenoxy) is 1. The molecule has 3 N–H and O–H groups in total. The first-order valence-electron chi connectivity index (χ1n) is 6.85. The van der Waals surface area contributed by atoms with Crippen molar-refractivity contribution in [3.05, 3.63) is 40.9 Å². The summed E-state index contributed by atoms with van der Waals surface area (Å²) in [4.78, 5) is 16.0. The van der Waals surface area contributed by atoms with Gasteiger partial charge in [-0.1, -0.05) is 12.1 Å². The molecule has 5 nitrogen and oxygen atoms in total. The first-order chi connectivity index (χ1) is 10.2. The molecule has 21 heavy (non-hydrogen) atoms. The predicted octanol–water partition coefficient (Wildman–Crippen LogP) is 2.03. The molecule has 112 valence electrons. The van der Waals surface area contributed by atoms with E-state index in [0.29, 0.717) is 31.1 Å². The fourth-order valence-corrected chi connectivity index (χ4v) is 2.48. The molecule has 0 bridgehead atoms. The zero-order valence-electron chi connectivity index (χ0n) is 12.0. The lowest BCUT2D eigenvalue weighted by molar-refractivity contribution is -0.120. The van der Waals surface area contributed by atoms with Crippen molar-refractivity contribution in [1.82, 2.24) is 10.3 Å². The smallest absolute Gasteiger partial charge is 0.224 e.